The molecule has 44 heavy (non-hydrogen) atoms. The fourth-order valence-corrected chi connectivity index (χ4v) is 9.64. The highest BCUT2D eigenvalue weighted by molar-refractivity contribution is 14.2. The highest BCUT2D eigenvalue weighted by atomic mass is 127. The number of aliphatic hydroxyl groups excluding tert-OH is 1. The number of rotatable bonds is 13. The van der Waals surface area contributed by atoms with Crippen LogP contribution in [0.25, 0.3) is 11.3 Å². The number of halogens is 1. The average molecular weight is 757 g/mol. The van der Waals surface area contributed by atoms with Gasteiger partial charge in [-0.2, -0.15) is 4.31 Å². The van der Waals surface area contributed by atoms with Crippen molar-refractivity contribution in [3.05, 3.63) is 65.5 Å². The van der Waals surface area contributed by atoms with Crippen molar-refractivity contribution in [2.75, 3.05) is 36.7 Å². The van der Waals surface area contributed by atoms with Crippen molar-refractivity contribution in [1.29, 1.82) is 0 Å². The maximum atomic E-state index is 13.9. The van der Waals surface area contributed by atoms with Gasteiger partial charge in [0.25, 0.3) is 0 Å². The average Bonchev–Trinajstić information content (AvgIpc) is 3.76. The van der Waals surface area contributed by atoms with Gasteiger partial charge < -0.3 is 30.0 Å². The number of aliphatic hydroxyl groups is 1. The molecule has 3 aromatic rings. The Morgan fingerprint density at radius 3 is 2.59 bits per heavy atom. The fourth-order valence-electron chi connectivity index (χ4n) is 4.95. The van der Waals surface area contributed by atoms with Gasteiger partial charge >= 0.3 is 6.09 Å². The molecule has 0 aliphatic carbocycles. The lowest BCUT2D eigenvalue weighted by atomic mass is 10.0. The van der Waals surface area contributed by atoms with E-state index in [-0.39, 0.29) is 57.7 Å². The SMILES string of the molecule is CNc1nc(-c2ccc(S(=O)(=O)N(CC(C)C)CC(O)[C@H](Cc3ccccc3)NC(=O)O[C@H]3COC4OCI=C43)cc2)cs1. The van der Waals surface area contributed by atoms with Crippen LogP contribution in [0, 0.1) is 5.92 Å². The topological polar surface area (TPSA) is 139 Å². The van der Waals surface area contributed by atoms with Crippen LogP contribution in [0.15, 0.2) is 64.9 Å². The summed E-state index contributed by atoms with van der Waals surface area (Å²) in [6.45, 7) is 4.03. The molecule has 238 valence electrons. The smallest absolute Gasteiger partial charge is 0.408 e. The van der Waals surface area contributed by atoms with Crippen molar-refractivity contribution < 1.29 is 32.5 Å². The number of nitrogens with one attached hydrogen (secondary N) is 2. The maximum absolute atomic E-state index is 13.9. The Labute approximate surface area is 271 Å². The van der Waals surface area contributed by atoms with Gasteiger partial charge in [-0.3, -0.25) is 0 Å². The predicted molar refractivity (Wildman–Crippen MR) is 179 cm³/mol. The van der Waals surface area contributed by atoms with Gasteiger partial charge in [0.05, 0.1) is 37.5 Å². The third-order valence-electron chi connectivity index (χ3n) is 7.14. The second-order valence-corrected chi connectivity index (χ2v) is 16.3. The molecule has 0 bridgehead atoms. The summed E-state index contributed by atoms with van der Waals surface area (Å²) in [5.74, 6) is -0.0130. The zero-order valence-corrected chi connectivity index (χ0v) is 28.5. The molecule has 0 saturated carbocycles. The lowest BCUT2D eigenvalue weighted by molar-refractivity contribution is -0.0630. The van der Waals surface area contributed by atoms with E-state index in [1.165, 1.54) is 15.6 Å². The molecule has 5 rings (SSSR count). The first kappa shape index (κ1) is 32.9. The highest BCUT2D eigenvalue weighted by Crippen LogP contribution is 2.29. The molecular formula is C30H37IN4O7S2. The van der Waals surface area contributed by atoms with Crippen LogP contribution >= 0.6 is 32.1 Å². The molecule has 14 heteroatoms. The number of sulfonamides is 1. The lowest BCUT2D eigenvalue weighted by Crippen LogP contribution is -2.51. The van der Waals surface area contributed by atoms with Gasteiger partial charge in [0.15, 0.2) is 17.5 Å². The van der Waals surface area contributed by atoms with E-state index in [0.29, 0.717) is 4.61 Å². The number of ether oxygens (including phenoxy) is 3. The molecule has 1 aromatic heterocycles. The van der Waals surface area contributed by atoms with Crippen LogP contribution in [-0.2, 0) is 30.7 Å². The summed E-state index contributed by atoms with van der Waals surface area (Å²) in [5, 5.41) is 20.0. The third kappa shape index (κ3) is 8.02. The first-order valence-corrected chi connectivity index (χ1v) is 19.2. The van der Waals surface area contributed by atoms with Crippen molar-refractivity contribution >= 4 is 56.8 Å². The van der Waals surface area contributed by atoms with E-state index in [0.717, 1.165) is 25.5 Å². The number of hydrogen-bond donors (Lipinski definition) is 3. The van der Waals surface area contributed by atoms with Crippen molar-refractivity contribution in [2.24, 2.45) is 5.92 Å². The molecule has 11 nitrogen and oxygen atoms in total. The Morgan fingerprint density at radius 1 is 1.16 bits per heavy atom. The molecular weight excluding hydrogens is 719 g/mol. The number of alkyl halides is 1. The molecule has 2 aromatic carbocycles. The Hall–Kier alpha value is -2.47. The van der Waals surface area contributed by atoms with Gasteiger partial charge in [0.1, 0.15) is 0 Å². The summed E-state index contributed by atoms with van der Waals surface area (Å²) in [5.41, 5.74) is 2.42. The third-order valence-corrected chi connectivity index (χ3v) is 12.6. The number of carbonyl (C=O) groups is 1. The van der Waals surface area contributed by atoms with Crippen LogP contribution in [0.2, 0.25) is 0 Å². The van der Waals surface area contributed by atoms with E-state index in [2.05, 4.69) is 15.6 Å². The highest BCUT2D eigenvalue weighted by Gasteiger charge is 2.39. The van der Waals surface area contributed by atoms with Crippen LogP contribution in [0.4, 0.5) is 9.93 Å². The normalized spacial score (nSPS) is 19.6. The monoisotopic (exact) mass is 756 g/mol. The van der Waals surface area contributed by atoms with Crippen molar-refractivity contribution in [3.8, 4) is 11.3 Å². The van der Waals surface area contributed by atoms with E-state index in [4.69, 9.17) is 14.2 Å². The zero-order valence-electron chi connectivity index (χ0n) is 24.7. The summed E-state index contributed by atoms with van der Waals surface area (Å²) in [6.07, 6.45) is -2.53. The number of carbonyl (C=O) groups excluding carboxylic acids is 1. The van der Waals surface area contributed by atoms with Gasteiger partial charge in [-0.25, -0.2) is 18.2 Å². The van der Waals surface area contributed by atoms with E-state index >= 15 is 0 Å². The van der Waals surface area contributed by atoms with Crippen LogP contribution in [0.5, 0.6) is 0 Å². The maximum Gasteiger partial charge on any atom is 0.408 e. The molecule has 1 fully saturated rings. The summed E-state index contributed by atoms with van der Waals surface area (Å²) >= 11 is 1.08. The number of benzene rings is 2. The number of amides is 1. The van der Waals surface area contributed by atoms with Gasteiger partial charge in [-0.05, 0) is 30.0 Å². The van der Waals surface area contributed by atoms with E-state index in [1.54, 1.807) is 31.3 Å². The quantitative estimate of drug-likeness (QED) is 0.174. The van der Waals surface area contributed by atoms with Crippen LogP contribution in [-0.4, -0.2) is 88.3 Å². The standard InChI is InChI=1S/C30H37IN4O7S2/c1-19(2)14-35(44(38,39)22-11-9-21(10-12-22)24-17-43-29(32-3)33-24)15-25(36)23(13-20-7-5-4-6-8-20)34-30(37)42-26-16-40-28-27(26)31-18-41-28/h4-12,17,19,23,25-26,28,36H,13-16,18H2,1-3H3,(H,32,33)(H,34,37)/t23-,25?,26-,28?/m0/s1. The summed E-state index contributed by atoms with van der Waals surface area (Å²) in [7, 11) is -2.19. The fraction of sp³-hybridized carbons (Fsp3) is 0.433. The minimum Gasteiger partial charge on any atom is -0.439 e. The summed E-state index contributed by atoms with van der Waals surface area (Å²) in [4.78, 5) is 17.7. The molecule has 1 saturated heterocycles. The van der Waals surface area contributed by atoms with E-state index in [1.807, 2.05) is 49.6 Å². The van der Waals surface area contributed by atoms with Crippen molar-refractivity contribution in [2.45, 2.75) is 49.7 Å². The minimum atomic E-state index is -3.98. The van der Waals surface area contributed by atoms with E-state index < -0.39 is 40.7 Å². The van der Waals surface area contributed by atoms with Crippen LogP contribution < -0.4 is 10.6 Å². The molecule has 2 aliphatic heterocycles. The second-order valence-electron chi connectivity index (χ2n) is 10.9. The molecule has 3 heterocycles. The van der Waals surface area contributed by atoms with E-state index in [9.17, 15) is 18.3 Å². The van der Waals surface area contributed by atoms with Gasteiger partial charge in [0.2, 0.25) is 10.0 Å². The lowest BCUT2D eigenvalue weighted by Gasteiger charge is -2.30. The Morgan fingerprint density at radius 2 is 1.91 bits per heavy atom. The second kappa shape index (κ2) is 14.7. The van der Waals surface area contributed by atoms with Crippen molar-refractivity contribution in [3.63, 3.8) is 0 Å². The number of hydrogen-bond acceptors (Lipinski definition) is 10. The molecule has 2 unspecified atom stereocenters. The number of fused-ring (bicyclic) bond motifs is 1. The largest absolute Gasteiger partial charge is 0.439 e. The summed E-state index contributed by atoms with van der Waals surface area (Å²) in [6, 6.07) is 15.2. The molecule has 4 atom stereocenters. The molecule has 3 N–H and O–H groups in total. The van der Waals surface area contributed by atoms with Crippen molar-refractivity contribution in [1.82, 2.24) is 14.6 Å². The first-order chi connectivity index (χ1) is 21.1. The summed E-state index contributed by atoms with van der Waals surface area (Å²) < 4.78 is 47.5. The number of anilines is 1. The van der Waals surface area contributed by atoms with Crippen LogP contribution in [0.3, 0.4) is 0 Å². The molecule has 1 amide bonds. The molecule has 2 aliphatic rings. The minimum absolute atomic E-state index is 0.0130. The molecule has 0 spiro atoms. The Kier molecular flexibility index (Phi) is 11.0. The number of thiazole rings is 1. The van der Waals surface area contributed by atoms with Gasteiger partial charge in [-0.15, -0.1) is 11.3 Å². The first-order valence-electron chi connectivity index (χ1n) is 14.3. The number of aromatic nitrogens is 1. The zero-order chi connectivity index (χ0) is 31.3. The Balaban J connectivity index is 1.33. The number of alkyl carbamates (subject to hydrolysis) is 1. The predicted octanol–water partition coefficient (Wildman–Crippen LogP) is 4.05. The molecule has 0 radical (unpaired) electrons. The Bertz CT molecular complexity index is 1550. The van der Waals surface area contributed by atoms with Crippen LogP contribution in [0.1, 0.15) is 19.4 Å². The van der Waals surface area contributed by atoms with Gasteiger partial charge in [-0.1, -0.05) is 77.0 Å². The van der Waals surface area contributed by atoms with Gasteiger partial charge in [0, 0.05) is 31.1 Å². The number of nitrogens with zero attached hydrogens (tertiary/aromatic N) is 2.